The molecule has 3 atom stereocenters. The molecule has 0 spiro atoms. The van der Waals surface area contributed by atoms with Gasteiger partial charge in [-0.25, -0.2) is 0 Å². The molecule has 3 aliphatic rings. The van der Waals surface area contributed by atoms with Crippen molar-refractivity contribution < 1.29 is 29.2 Å². The molecular formula is C30H36O6. The number of phenols is 2. The fourth-order valence-electron chi connectivity index (χ4n) is 6.46. The second kappa shape index (κ2) is 8.46. The Bertz CT molecular complexity index is 1230. The maximum absolute atomic E-state index is 11.1. The number of benzene rings is 2. The van der Waals surface area contributed by atoms with Crippen LogP contribution in [0.1, 0.15) is 76.1 Å². The standard InChI is InChI=1S/C30H36O6/c1-28(2)10-8-21-22(32)13-19(15-24(21)35-28)7-6-18-12-20-16-25-29(3,4)26(34-17-31)9-11-30(25,5)36-27(20)23(33)14-18/h6-7,12-15,17,25-26,32-33H,8-11,16H2,1-5H3/b7-6+/t25-,26-,30-/m1/s1. The van der Waals surface area contributed by atoms with Crippen LogP contribution in [0.25, 0.3) is 12.2 Å². The van der Waals surface area contributed by atoms with Gasteiger partial charge in [0, 0.05) is 16.9 Å². The van der Waals surface area contributed by atoms with Gasteiger partial charge in [0.2, 0.25) is 0 Å². The fourth-order valence-corrected chi connectivity index (χ4v) is 6.46. The summed E-state index contributed by atoms with van der Waals surface area (Å²) in [5.74, 6) is 1.74. The van der Waals surface area contributed by atoms with Crippen molar-refractivity contribution in [1.82, 2.24) is 0 Å². The molecule has 5 rings (SSSR count). The fraction of sp³-hybridized carbons (Fsp3) is 0.500. The van der Waals surface area contributed by atoms with Crippen molar-refractivity contribution >= 4 is 18.6 Å². The maximum atomic E-state index is 11.1. The van der Waals surface area contributed by atoms with Crippen molar-refractivity contribution in [2.45, 2.75) is 84.0 Å². The van der Waals surface area contributed by atoms with E-state index in [1.165, 1.54) is 0 Å². The summed E-state index contributed by atoms with van der Waals surface area (Å²) in [5.41, 5.74) is 2.48. The number of aromatic hydroxyl groups is 2. The van der Waals surface area contributed by atoms with Gasteiger partial charge in [0.1, 0.15) is 28.8 Å². The number of rotatable bonds is 4. The molecule has 0 aromatic heterocycles. The Morgan fingerprint density at radius 2 is 1.64 bits per heavy atom. The Morgan fingerprint density at radius 1 is 0.944 bits per heavy atom. The minimum absolute atomic E-state index is 0.118. The van der Waals surface area contributed by atoms with E-state index in [2.05, 4.69) is 34.6 Å². The van der Waals surface area contributed by atoms with Gasteiger partial charge in [0.25, 0.3) is 6.47 Å². The first-order chi connectivity index (χ1) is 16.9. The topological polar surface area (TPSA) is 85.2 Å². The molecule has 1 aliphatic carbocycles. The third-order valence-electron chi connectivity index (χ3n) is 8.55. The largest absolute Gasteiger partial charge is 0.508 e. The van der Waals surface area contributed by atoms with Crippen LogP contribution in [0.15, 0.2) is 24.3 Å². The van der Waals surface area contributed by atoms with Crippen molar-refractivity contribution in [3.63, 3.8) is 0 Å². The summed E-state index contributed by atoms with van der Waals surface area (Å²) >= 11 is 0. The molecule has 192 valence electrons. The Hall–Kier alpha value is -3.15. The predicted molar refractivity (Wildman–Crippen MR) is 138 cm³/mol. The quantitative estimate of drug-likeness (QED) is 0.400. The van der Waals surface area contributed by atoms with Gasteiger partial charge in [-0.3, -0.25) is 4.79 Å². The molecule has 36 heavy (non-hydrogen) atoms. The molecule has 1 fully saturated rings. The highest BCUT2D eigenvalue weighted by atomic mass is 16.5. The second-order valence-corrected chi connectivity index (χ2v) is 12.0. The van der Waals surface area contributed by atoms with Gasteiger partial charge in [-0.2, -0.15) is 0 Å². The molecule has 0 radical (unpaired) electrons. The molecule has 0 unspecified atom stereocenters. The van der Waals surface area contributed by atoms with E-state index in [0.29, 0.717) is 12.2 Å². The molecule has 6 nitrogen and oxygen atoms in total. The van der Waals surface area contributed by atoms with Crippen molar-refractivity contribution in [3.05, 3.63) is 46.5 Å². The lowest BCUT2D eigenvalue weighted by atomic mass is 9.57. The Kier molecular flexibility index (Phi) is 5.77. The molecule has 0 saturated heterocycles. The van der Waals surface area contributed by atoms with E-state index in [1.807, 2.05) is 24.3 Å². The van der Waals surface area contributed by atoms with Crippen LogP contribution in [-0.2, 0) is 22.4 Å². The summed E-state index contributed by atoms with van der Waals surface area (Å²) in [7, 11) is 0. The average Bonchev–Trinajstić information content (AvgIpc) is 2.79. The average molecular weight is 493 g/mol. The van der Waals surface area contributed by atoms with E-state index in [9.17, 15) is 15.0 Å². The maximum Gasteiger partial charge on any atom is 0.293 e. The molecule has 0 bridgehead atoms. The zero-order chi connectivity index (χ0) is 25.9. The third kappa shape index (κ3) is 4.21. The molecule has 2 heterocycles. The van der Waals surface area contributed by atoms with Gasteiger partial charge in [-0.15, -0.1) is 0 Å². The number of hydrogen-bond donors (Lipinski definition) is 2. The summed E-state index contributed by atoms with van der Waals surface area (Å²) in [6.45, 7) is 11.0. The highest BCUT2D eigenvalue weighted by Gasteiger charge is 2.56. The van der Waals surface area contributed by atoms with Crippen molar-refractivity contribution in [3.8, 4) is 23.0 Å². The minimum Gasteiger partial charge on any atom is -0.508 e. The highest BCUT2D eigenvalue weighted by molar-refractivity contribution is 5.73. The monoisotopic (exact) mass is 492 g/mol. The zero-order valence-corrected chi connectivity index (χ0v) is 21.8. The molecule has 2 N–H and O–H groups in total. The summed E-state index contributed by atoms with van der Waals surface area (Å²) in [4.78, 5) is 11.1. The van der Waals surface area contributed by atoms with Crippen LogP contribution in [0.2, 0.25) is 0 Å². The summed E-state index contributed by atoms with van der Waals surface area (Å²) in [6.07, 6.45) is 7.51. The number of phenolic OH excluding ortho intramolecular Hbond substituents is 2. The van der Waals surface area contributed by atoms with E-state index >= 15 is 0 Å². The van der Waals surface area contributed by atoms with E-state index in [-0.39, 0.29) is 34.5 Å². The van der Waals surface area contributed by atoms with Crippen molar-refractivity contribution in [1.29, 1.82) is 0 Å². The molecular weight excluding hydrogens is 456 g/mol. The predicted octanol–water partition coefficient (Wildman–Crippen LogP) is 6.04. The van der Waals surface area contributed by atoms with Gasteiger partial charge >= 0.3 is 0 Å². The van der Waals surface area contributed by atoms with Gasteiger partial charge < -0.3 is 24.4 Å². The molecule has 1 saturated carbocycles. The van der Waals surface area contributed by atoms with Crippen molar-refractivity contribution in [2.75, 3.05) is 0 Å². The van der Waals surface area contributed by atoms with Gasteiger partial charge in [-0.05, 0) is 93.8 Å². The smallest absolute Gasteiger partial charge is 0.293 e. The van der Waals surface area contributed by atoms with Crippen LogP contribution < -0.4 is 9.47 Å². The normalized spacial score (nSPS) is 27.7. The molecule has 2 aromatic carbocycles. The highest BCUT2D eigenvalue weighted by Crippen LogP contribution is 2.55. The lowest BCUT2D eigenvalue weighted by molar-refractivity contribution is -0.167. The van der Waals surface area contributed by atoms with Crippen LogP contribution in [0.3, 0.4) is 0 Å². The van der Waals surface area contributed by atoms with Crippen LogP contribution >= 0.6 is 0 Å². The van der Waals surface area contributed by atoms with Crippen molar-refractivity contribution in [2.24, 2.45) is 11.3 Å². The SMILES string of the molecule is CC1(C)CCc2c(O)cc(/C=C/c3cc(O)c4c(c3)C[C@@H]3C(C)(C)[C@H](OC=O)CC[C@@]3(C)O4)cc2O1. The summed E-state index contributed by atoms with van der Waals surface area (Å²) in [6, 6.07) is 7.46. The summed E-state index contributed by atoms with van der Waals surface area (Å²) < 4.78 is 18.0. The second-order valence-electron chi connectivity index (χ2n) is 12.0. The Balaban J connectivity index is 1.44. The number of carbonyl (C=O) groups is 1. The van der Waals surface area contributed by atoms with E-state index in [0.717, 1.165) is 60.1 Å². The third-order valence-corrected chi connectivity index (χ3v) is 8.55. The number of carbonyl (C=O) groups excluding carboxylic acids is 1. The lowest BCUT2D eigenvalue weighted by Gasteiger charge is -2.55. The van der Waals surface area contributed by atoms with Gasteiger partial charge in [0.15, 0.2) is 11.5 Å². The molecule has 2 aliphatic heterocycles. The van der Waals surface area contributed by atoms with Crippen LogP contribution in [0.5, 0.6) is 23.0 Å². The number of ether oxygens (including phenoxy) is 3. The first-order valence-corrected chi connectivity index (χ1v) is 12.8. The first kappa shape index (κ1) is 24.5. The van der Waals surface area contributed by atoms with Gasteiger partial charge in [0.05, 0.1) is 0 Å². The van der Waals surface area contributed by atoms with Crippen LogP contribution in [0, 0.1) is 11.3 Å². The Morgan fingerprint density at radius 3 is 2.36 bits per heavy atom. The molecule has 0 amide bonds. The first-order valence-electron chi connectivity index (χ1n) is 12.8. The van der Waals surface area contributed by atoms with Crippen LogP contribution in [0.4, 0.5) is 0 Å². The van der Waals surface area contributed by atoms with Gasteiger partial charge in [-0.1, -0.05) is 26.0 Å². The van der Waals surface area contributed by atoms with Crippen LogP contribution in [-0.4, -0.2) is 34.0 Å². The molecule has 6 heteroatoms. The van der Waals surface area contributed by atoms with E-state index < -0.39 is 5.60 Å². The Labute approximate surface area is 212 Å². The lowest BCUT2D eigenvalue weighted by Crippen LogP contribution is -2.59. The number of fused-ring (bicyclic) bond motifs is 3. The zero-order valence-electron chi connectivity index (χ0n) is 21.8. The minimum atomic E-state index is -0.442. The van der Waals surface area contributed by atoms with E-state index in [1.54, 1.807) is 12.1 Å². The number of hydrogen-bond acceptors (Lipinski definition) is 6. The summed E-state index contributed by atoms with van der Waals surface area (Å²) in [5, 5.41) is 21.4. The molecule has 2 aromatic rings. The van der Waals surface area contributed by atoms with E-state index in [4.69, 9.17) is 14.2 Å².